The van der Waals surface area contributed by atoms with Gasteiger partial charge in [-0.15, -0.1) is 0 Å². The number of methoxy groups -OCH3 is 1. The minimum absolute atomic E-state index is 0.0285. The lowest BCUT2D eigenvalue weighted by Crippen LogP contribution is -2.36. The van der Waals surface area contributed by atoms with E-state index in [1.165, 1.54) is 0 Å². The van der Waals surface area contributed by atoms with Crippen LogP contribution in [0.1, 0.15) is 25.3 Å². The fraction of sp³-hybridized carbons (Fsp3) is 0.533. The van der Waals surface area contributed by atoms with Gasteiger partial charge in [-0.1, -0.05) is 6.07 Å². The minimum Gasteiger partial charge on any atom is -0.497 e. The summed E-state index contributed by atoms with van der Waals surface area (Å²) in [7, 11) is 1.60. The Bertz CT molecular complexity index is 472. The molecule has 2 rings (SSSR count). The number of rotatable bonds is 7. The normalized spacial score (nSPS) is 13.9. The van der Waals surface area contributed by atoms with Crippen LogP contribution in [0.3, 0.4) is 0 Å². The molecule has 1 aliphatic rings. The van der Waals surface area contributed by atoms with Gasteiger partial charge < -0.3 is 20.1 Å². The molecule has 1 fully saturated rings. The monoisotopic (exact) mass is 278 g/mol. The third-order valence-corrected chi connectivity index (χ3v) is 3.49. The predicted molar refractivity (Wildman–Crippen MR) is 76.8 cm³/mol. The fourth-order valence-corrected chi connectivity index (χ4v) is 2.21. The van der Waals surface area contributed by atoms with Gasteiger partial charge in [0.2, 0.25) is 0 Å². The van der Waals surface area contributed by atoms with E-state index in [-0.39, 0.29) is 12.5 Å². The number of carbonyl (C=O) groups is 1. The Morgan fingerprint density at radius 3 is 2.75 bits per heavy atom. The van der Waals surface area contributed by atoms with Crippen LogP contribution in [0.5, 0.6) is 11.5 Å². The van der Waals surface area contributed by atoms with Gasteiger partial charge in [-0.3, -0.25) is 4.79 Å². The van der Waals surface area contributed by atoms with Crippen LogP contribution in [0, 0.1) is 0 Å². The highest BCUT2D eigenvalue weighted by molar-refractivity contribution is 5.78. The van der Waals surface area contributed by atoms with Crippen LogP contribution >= 0.6 is 0 Å². The summed E-state index contributed by atoms with van der Waals surface area (Å²) in [6, 6.07) is 5.87. The molecular formula is C15H22N2O3. The maximum Gasteiger partial charge on any atom is 0.260 e. The SMILES string of the molecule is CCN(C(=O)COc1cc(OC)ccc1CN)C1CC1. The van der Waals surface area contributed by atoms with Gasteiger partial charge in [0.05, 0.1) is 7.11 Å². The molecule has 0 aromatic heterocycles. The number of likely N-dealkylation sites (N-methyl/N-ethyl adjacent to an activating group) is 1. The molecule has 20 heavy (non-hydrogen) atoms. The minimum atomic E-state index is 0.0285. The van der Waals surface area contributed by atoms with Crippen molar-refractivity contribution in [2.45, 2.75) is 32.4 Å². The summed E-state index contributed by atoms with van der Waals surface area (Å²) in [5, 5.41) is 0. The molecule has 0 bridgehead atoms. The van der Waals surface area contributed by atoms with Crippen molar-refractivity contribution in [3.05, 3.63) is 23.8 Å². The first-order valence-electron chi connectivity index (χ1n) is 6.98. The zero-order valence-corrected chi connectivity index (χ0v) is 12.1. The van der Waals surface area contributed by atoms with Crippen LogP contribution in [0.2, 0.25) is 0 Å². The van der Waals surface area contributed by atoms with Crippen molar-refractivity contribution in [1.29, 1.82) is 0 Å². The number of nitrogens with zero attached hydrogens (tertiary/aromatic N) is 1. The highest BCUT2D eigenvalue weighted by atomic mass is 16.5. The Balaban J connectivity index is 2.00. The first kappa shape index (κ1) is 14.7. The van der Waals surface area contributed by atoms with Crippen molar-refractivity contribution in [3.63, 3.8) is 0 Å². The van der Waals surface area contributed by atoms with Crippen molar-refractivity contribution in [2.75, 3.05) is 20.3 Å². The molecule has 0 heterocycles. The van der Waals surface area contributed by atoms with E-state index in [0.717, 1.165) is 24.9 Å². The highest BCUT2D eigenvalue weighted by Crippen LogP contribution is 2.27. The molecule has 1 amide bonds. The molecule has 5 nitrogen and oxygen atoms in total. The second-order valence-corrected chi connectivity index (χ2v) is 4.88. The number of hydrogen-bond donors (Lipinski definition) is 1. The van der Waals surface area contributed by atoms with E-state index in [9.17, 15) is 4.79 Å². The van der Waals surface area contributed by atoms with Crippen molar-refractivity contribution < 1.29 is 14.3 Å². The average Bonchev–Trinajstić information content (AvgIpc) is 3.30. The molecule has 1 aliphatic carbocycles. The van der Waals surface area contributed by atoms with E-state index < -0.39 is 0 Å². The van der Waals surface area contributed by atoms with Crippen LogP contribution in [0.25, 0.3) is 0 Å². The zero-order valence-electron chi connectivity index (χ0n) is 12.1. The third kappa shape index (κ3) is 3.42. The van der Waals surface area contributed by atoms with Crippen LogP contribution in [-0.2, 0) is 11.3 Å². The van der Waals surface area contributed by atoms with E-state index in [2.05, 4.69) is 0 Å². The average molecular weight is 278 g/mol. The molecule has 2 N–H and O–H groups in total. The van der Waals surface area contributed by atoms with E-state index in [4.69, 9.17) is 15.2 Å². The number of nitrogens with two attached hydrogens (primary N) is 1. The lowest BCUT2D eigenvalue weighted by atomic mass is 10.2. The molecule has 0 radical (unpaired) electrons. The highest BCUT2D eigenvalue weighted by Gasteiger charge is 2.31. The predicted octanol–water partition coefficient (Wildman–Crippen LogP) is 1.54. The van der Waals surface area contributed by atoms with Crippen LogP contribution in [0.15, 0.2) is 18.2 Å². The van der Waals surface area contributed by atoms with Crippen LogP contribution in [-0.4, -0.2) is 37.1 Å². The van der Waals surface area contributed by atoms with Crippen molar-refractivity contribution in [3.8, 4) is 11.5 Å². The topological polar surface area (TPSA) is 64.8 Å². The summed E-state index contributed by atoms with van der Waals surface area (Å²) in [6.45, 7) is 3.14. The molecule has 110 valence electrons. The smallest absolute Gasteiger partial charge is 0.260 e. The van der Waals surface area contributed by atoms with Gasteiger partial charge in [0.1, 0.15) is 11.5 Å². The summed E-state index contributed by atoms with van der Waals surface area (Å²) in [5.74, 6) is 1.34. The summed E-state index contributed by atoms with van der Waals surface area (Å²) in [4.78, 5) is 14.0. The number of benzene rings is 1. The van der Waals surface area contributed by atoms with Crippen molar-refractivity contribution in [2.24, 2.45) is 5.73 Å². The first-order valence-corrected chi connectivity index (χ1v) is 6.98. The standard InChI is InChI=1S/C15H22N2O3/c1-3-17(12-5-6-12)15(18)10-20-14-8-13(19-2)7-4-11(14)9-16/h4,7-8,12H,3,5-6,9-10,16H2,1-2H3. The molecule has 5 heteroatoms. The van der Waals surface area contributed by atoms with Gasteiger partial charge in [-0.2, -0.15) is 0 Å². The van der Waals surface area contributed by atoms with Crippen LogP contribution < -0.4 is 15.2 Å². The Kier molecular flexibility index (Phi) is 4.84. The van der Waals surface area contributed by atoms with Gasteiger partial charge in [0, 0.05) is 30.8 Å². The Morgan fingerprint density at radius 2 is 2.20 bits per heavy atom. The third-order valence-electron chi connectivity index (χ3n) is 3.49. The molecular weight excluding hydrogens is 256 g/mol. The number of hydrogen-bond acceptors (Lipinski definition) is 4. The molecule has 0 aliphatic heterocycles. The van der Waals surface area contributed by atoms with E-state index in [1.54, 1.807) is 13.2 Å². The fourth-order valence-electron chi connectivity index (χ4n) is 2.21. The zero-order chi connectivity index (χ0) is 14.5. The van der Waals surface area contributed by atoms with Gasteiger partial charge >= 0.3 is 0 Å². The van der Waals surface area contributed by atoms with Crippen molar-refractivity contribution >= 4 is 5.91 Å². The molecule has 0 atom stereocenters. The van der Waals surface area contributed by atoms with E-state index in [1.807, 2.05) is 24.0 Å². The Hall–Kier alpha value is -1.75. The van der Waals surface area contributed by atoms with Gasteiger partial charge in [-0.25, -0.2) is 0 Å². The molecule has 0 unspecified atom stereocenters. The molecule has 1 aromatic carbocycles. The Labute approximate surface area is 119 Å². The number of amides is 1. The molecule has 1 aromatic rings. The largest absolute Gasteiger partial charge is 0.497 e. The molecule has 1 saturated carbocycles. The second-order valence-electron chi connectivity index (χ2n) is 4.88. The number of ether oxygens (including phenoxy) is 2. The van der Waals surface area contributed by atoms with E-state index >= 15 is 0 Å². The maximum absolute atomic E-state index is 12.1. The van der Waals surface area contributed by atoms with Gasteiger partial charge in [0.25, 0.3) is 5.91 Å². The second kappa shape index (κ2) is 6.61. The lowest BCUT2D eigenvalue weighted by Gasteiger charge is -2.21. The summed E-state index contributed by atoms with van der Waals surface area (Å²) in [5.41, 5.74) is 6.55. The first-order chi connectivity index (χ1) is 9.69. The Morgan fingerprint density at radius 1 is 1.45 bits per heavy atom. The van der Waals surface area contributed by atoms with Gasteiger partial charge in [-0.05, 0) is 25.8 Å². The summed E-state index contributed by atoms with van der Waals surface area (Å²) < 4.78 is 10.8. The molecule has 0 saturated heterocycles. The van der Waals surface area contributed by atoms with Crippen LogP contribution in [0.4, 0.5) is 0 Å². The van der Waals surface area contributed by atoms with E-state index in [0.29, 0.717) is 24.1 Å². The molecule has 0 spiro atoms. The van der Waals surface area contributed by atoms with Crippen molar-refractivity contribution in [1.82, 2.24) is 4.90 Å². The summed E-state index contributed by atoms with van der Waals surface area (Å²) in [6.07, 6.45) is 2.21. The summed E-state index contributed by atoms with van der Waals surface area (Å²) >= 11 is 0. The number of carbonyl (C=O) groups excluding carboxylic acids is 1. The quantitative estimate of drug-likeness (QED) is 0.821. The van der Waals surface area contributed by atoms with Gasteiger partial charge in [0.15, 0.2) is 6.61 Å². The lowest BCUT2D eigenvalue weighted by molar-refractivity contribution is -0.133. The maximum atomic E-state index is 12.1.